The number of hydrogen-bond donors (Lipinski definition) is 2. The third kappa shape index (κ3) is 1.84. The van der Waals surface area contributed by atoms with E-state index in [2.05, 4.69) is 21.1 Å². The maximum Gasteiger partial charge on any atom is 0.113 e. The summed E-state index contributed by atoms with van der Waals surface area (Å²) in [6, 6.07) is 7.23. The van der Waals surface area contributed by atoms with Crippen molar-refractivity contribution in [3.05, 3.63) is 34.3 Å². The summed E-state index contributed by atoms with van der Waals surface area (Å²) in [5.41, 5.74) is 0.949. The first-order valence-corrected chi connectivity index (χ1v) is 4.15. The molecule has 0 radical (unpaired) electrons. The summed E-state index contributed by atoms with van der Waals surface area (Å²) in [6.07, 6.45) is 0. The van der Waals surface area contributed by atoms with E-state index >= 15 is 0 Å². The quantitative estimate of drug-likeness (QED) is 0.460. The molecule has 0 fully saturated rings. The average molecular weight is 230 g/mol. The van der Waals surface area contributed by atoms with E-state index in [4.69, 9.17) is 10.3 Å². The number of halogens is 1. The first kappa shape index (κ1) is 9.22. The van der Waals surface area contributed by atoms with Crippen LogP contribution in [0.25, 0.3) is 0 Å². The molecule has 0 spiro atoms. The Morgan fingerprint density at radius 1 is 1.42 bits per heavy atom. The van der Waals surface area contributed by atoms with Crippen LogP contribution < -0.4 is 0 Å². The van der Waals surface area contributed by atoms with E-state index < -0.39 is 0 Å². The Labute approximate surface area is 78.5 Å². The van der Waals surface area contributed by atoms with Crippen LogP contribution >= 0.6 is 15.9 Å². The Bertz CT molecular complexity index is 299. The zero-order valence-corrected chi connectivity index (χ0v) is 7.82. The van der Waals surface area contributed by atoms with Crippen molar-refractivity contribution in [1.82, 2.24) is 0 Å². The van der Waals surface area contributed by atoms with Crippen molar-refractivity contribution in [2.75, 3.05) is 6.61 Å². The van der Waals surface area contributed by atoms with Crippen LogP contribution in [0.4, 0.5) is 0 Å². The van der Waals surface area contributed by atoms with Gasteiger partial charge in [0.05, 0.1) is 6.61 Å². The molecule has 4 heteroatoms. The topological polar surface area (TPSA) is 52.8 Å². The van der Waals surface area contributed by atoms with Gasteiger partial charge in [0.25, 0.3) is 0 Å². The van der Waals surface area contributed by atoms with Crippen molar-refractivity contribution in [1.29, 1.82) is 0 Å². The largest absolute Gasteiger partial charge is 0.411 e. The SMILES string of the molecule is OC/C(=N\O)c1ccccc1Br. The summed E-state index contributed by atoms with van der Waals surface area (Å²) in [6.45, 7) is -0.279. The number of aliphatic hydroxyl groups is 1. The van der Waals surface area contributed by atoms with E-state index in [1.807, 2.05) is 12.1 Å². The van der Waals surface area contributed by atoms with Gasteiger partial charge < -0.3 is 10.3 Å². The van der Waals surface area contributed by atoms with Crippen LogP contribution in [0, 0.1) is 0 Å². The minimum Gasteiger partial charge on any atom is -0.411 e. The highest BCUT2D eigenvalue weighted by Gasteiger charge is 2.05. The predicted molar refractivity (Wildman–Crippen MR) is 49.6 cm³/mol. The smallest absolute Gasteiger partial charge is 0.113 e. The van der Waals surface area contributed by atoms with Gasteiger partial charge in [-0.1, -0.05) is 39.3 Å². The molecule has 64 valence electrons. The van der Waals surface area contributed by atoms with Crippen LogP contribution in [0.2, 0.25) is 0 Å². The summed E-state index contributed by atoms with van der Waals surface area (Å²) in [5.74, 6) is 0. The minimum absolute atomic E-state index is 0.252. The van der Waals surface area contributed by atoms with Crippen molar-refractivity contribution in [3.63, 3.8) is 0 Å². The Morgan fingerprint density at radius 3 is 2.58 bits per heavy atom. The number of oxime groups is 1. The van der Waals surface area contributed by atoms with Crippen LogP contribution in [0.15, 0.2) is 33.9 Å². The molecule has 0 bridgehead atoms. The van der Waals surface area contributed by atoms with E-state index in [1.165, 1.54) is 0 Å². The van der Waals surface area contributed by atoms with Crippen LogP contribution in [0.1, 0.15) is 5.56 Å². The molecule has 0 aliphatic carbocycles. The Kier molecular flexibility index (Phi) is 3.25. The van der Waals surface area contributed by atoms with E-state index in [0.29, 0.717) is 5.56 Å². The second-order valence-electron chi connectivity index (χ2n) is 2.18. The zero-order chi connectivity index (χ0) is 8.97. The third-order valence-corrected chi connectivity index (χ3v) is 2.15. The molecule has 3 nitrogen and oxygen atoms in total. The molecule has 0 atom stereocenters. The number of rotatable bonds is 2. The number of benzene rings is 1. The standard InChI is InChI=1S/C8H8BrNO2/c9-7-4-2-1-3-6(7)8(5-11)10-12/h1-4,11-12H,5H2/b10-8+. The highest BCUT2D eigenvalue weighted by Crippen LogP contribution is 2.16. The summed E-state index contributed by atoms with van der Waals surface area (Å²) < 4.78 is 0.798. The van der Waals surface area contributed by atoms with Gasteiger partial charge in [-0.2, -0.15) is 0 Å². The maximum absolute atomic E-state index is 8.79. The molecule has 1 aromatic carbocycles. The molecule has 2 N–H and O–H groups in total. The second-order valence-corrected chi connectivity index (χ2v) is 3.04. The van der Waals surface area contributed by atoms with Gasteiger partial charge in [0, 0.05) is 10.0 Å². The van der Waals surface area contributed by atoms with Crippen LogP contribution in [0.3, 0.4) is 0 Å². The third-order valence-electron chi connectivity index (χ3n) is 1.46. The fourth-order valence-electron chi connectivity index (χ4n) is 0.866. The van der Waals surface area contributed by atoms with Crippen molar-refractivity contribution in [2.45, 2.75) is 0 Å². The van der Waals surface area contributed by atoms with Crippen LogP contribution in [-0.2, 0) is 0 Å². The van der Waals surface area contributed by atoms with E-state index in [-0.39, 0.29) is 12.3 Å². The molecular weight excluding hydrogens is 222 g/mol. The molecule has 0 saturated carbocycles. The van der Waals surface area contributed by atoms with Gasteiger partial charge in [-0.05, 0) is 6.07 Å². The molecule has 0 amide bonds. The lowest BCUT2D eigenvalue weighted by atomic mass is 10.1. The van der Waals surface area contributed by atoms with Crippen molar-refractivity contribution in [2.24, 2.45) is 5.16 Å². The van der Waals surface area contributed by atoms with E-state index in [1.54, 1.807) is 12.1 Å². The van der Waals surface area contributed by atoms with Crippen molar-refractivity contribution >= 4 is 21.6 Å². The van der Waals surface area contributed by atoms with Crippen LogP contribution in [-0.4, -0.2) is 22.6 Å². The summed E-state index contributed by atoms with van der Waals surface area (Å²) in [5, 5.41) is 20.3. The molecule has 0 unspecified atom stereocenters. The summed E-state index contributed by atoms with van der Waals surface area (Å²) >= 11 is 3.28. The molecule has 12 heavy (non-hydrogen) atoms. The Morgan fingerprint density at radius 2 is 2.08 bits per heavy atom. The molecule has 0 aliphatic heterocycles. The molecule has 0 saturated heterocycles. The fraction of sp³-hybridized carbons (Fsp3) is 0.125. The van der Waals surface area contributed by atoms with Crippen molar-refractivity contribution in [3.8, 4) is 0 Å². The maximum atomic E-state index is 8.79. The van der Waals surface area contributed by atoms with Crippen LogP contribution in [0.5, 0.6) is 0 Å². The first-order valence-electron chi connectivity index (χ1n) is 3.36. The molecule has 0 aromatic heterocycles. The van der Waals surface area contributed by atoms with E-state index in [0.717, 1.165) is 4.47 Å². The van der Waals surface area contributed by atoms with Gasteiger partial charge in [-0.25, -0.2) is 0 Å². The second kappa shape index (κ2) is 4.23. The zero-order valence-electron chi connectivity index (χ0n) is 6.24. The summed E-state index contributed by atoms with van der Waals surface area (Å²) in [7, 11) is 0. The highest BCUT2D eigenvalue weighted by atomic mass is 79.9. The molecule has 0 heterocycles. The molecule has 1 aromatic rings. The lowest BCUT2D eigenvalue weighted by Crippen LogP contribution is -2.06. The molecule has 0 aliphatic rings. The highest BCUT2D eigenvalue weighted by molar-refractivity contribution is 9.10. The summed E-state index contributed by atoms with van der Waals surface area (Å²) in [4.78, 5) is 0. The first-order chi connectivity index (χ1) is 5.79. The van der Waals surface area contributed by atoms with Gasteiger partial charge in [0.1, 0.15) is 5.71 Å². The number of hydrogen-bond acceptors (Lipinski definition) is 3. The minimum atomic E-state index is -0.279. The Balaban J connectivity index is 3.10. The average Bonchev–Trinajstić information content (AvgIpc) is 2.10. The van der Waals surface area contributed by atoms with Gasteiger partial charge >= 0.3 is 0 Å². The number of aliphatic hydroxyl groups excluding tert-OH is 1. The fourth-order valence-corrected chi connectivity index (χ4v) is 1.38. The molecule has 1 rings (SSSR count). The van der Waals surface area contributed by atoms with Gasteiger partial charge in [-0.3, -0.25) is 0 Å². The lowest BCUT2D eigenvalue weighted by molar-refractivity contribution is 0.303. The number of nitrogens with zero attached hydrogens (tertiary/aromatic N) is 1. The van der Waals surface area contributed by atoms with Gasteiger partial charge in [0.2, 0.25) is 0 Å². The lowest BCUT2D eigenvalue weighted by Gasteiger charge is -2.02. The van der Waals surface area contributed by atoms with Gasteiger partial charge in [0.15, 0.2) is 0 Å². The predicted octanol–water partition coefficient (Wildman–Crippen LogP) is 1.62. The normalized spacial score (nSPS) is 11.7. The monoisotopic (exact) mass is 229 g/mol. The van der Waals surface area contributed by atoms with E-state index in [9.17, 15) is 0 Å². The van der Waals surface area contributed by atoms with Crippen molar-refractivity contribution < 1.29 is 10.3 Å². The van der Waals surface area contributed by atoms with Gasteiger partial charge in [-0.15, -0.1) is 0 Å². The Hall–Kier alpha value is -0.870. The molecular formula is C8H8BrNO2.